The summed E-state index contributed by atoms with van der Waals surface area (Å²) in [7, 11) is 0. The number of ketones is 1. The Hall–Kier alpha value is -1.61. The van der Waals surface area contributed by atoms with E-state index in [1.807, 2.05) is 30.5 Å². The Morgan fingerprint density at radius 3 is 2.67 bits per heavy atom. The van der Waals surface area contributed by atoms with Crippen molar-refractivity contribution >= 4 is 16.7 Å². The normalized spacial score (nSPS) is 18.5. The third-order valence-electron chi connectivity index (χ3n) is 4.73. The number of aromatic amines is 1. The summed E-state index contributed by atoms with van der Waals surface area (Å²) >= 11 is 0. The minimum absolute atomic E-state index is 0.00676. The molecule has 0 unspecified atom stereocenters. The molecule has 0 bridgehead atoms. The number of Topliss-reactive ketones (excluding diaryl/α,β-unsaturated/α-hetero) is 1. The zero-order valence-electron chi connectivity index (χ0n) is 12.8. The summed E-state index contributed by atoms with van der Waals surface area (Å²) in [4.78, 5) is 15.9. The monoisotopic (exact) mass is 285 g/mol. The van der Waals surface area contributed by atoms with Gasteiger partial charge in [-0.2, -0.15) is 0 Å². The molecule has 1 aliphatic carbocycles. The van der Waals surface area contributed by atoms with Gasteiger partial charge in [-0.25, -0.2) is 0 Å². The number of aromatic nitrogens is 1. The first-order valence-corrected chi connectivity index (χ1v) is 8.21. The second-order valence-electron chi connectivity index (χ2n) is 6.34. The molecule has 0 amide bonds. The van der Waals surface area contributed by atoms with Crippen molar-refractivity contribution in [3.8, 4) is 0 Å². The van der Waals surface area contributed by atoms with Gasteiger partial charge in [-0.1, -0.05) is 31.0 Å². The summed E-state index contributed by atoms with van der Waals surface area (Å²) in [6.45, 7) is 2.05. The van der Waals surface area contributed by atoms with Gasteiger partial charge in [0.15, 0.2) is 0 Å². The van der Waals surface area contributed by atoms with Crippen LogP contribution in [0.3, 0.4) is 0 Å². The van der Waals surface area contributed by atoms with Gasteiger partial charge in [0, 0.05) is 22.7 Å². The second-order valence-corrected chi connectivity index (χ2v) is 6.34. The summed E-state index contributed by atoms with van der Waals surface area (Å²) in [6, 6.07) is 8.66. The average Bonchev–Trinajstić information content (AvgIpc) is 2.76. The lowest BCUT2D eigenvalue weighted by atomic mass is 10.0. The molecular weight excluding hydrogens is 260 g/mol. The van der Waals surface area contributed by atoms with Crippen molar-refractivity contribution in [1.82, 2.24) is 4.98 Å². The van der Waals surface area contributed by atoms with E-state index in [0.29, 0.717) is 6.04 Å². The summed E-state index contributed by atoms with van der Waals surface area (Å²) < 4.78 is 0. The standard InChI is InChI=1S/C18H24N2O/c1-13(20-14-8-4-2-3-5-9-14)18(21)16-12-19-17-11-7-6-10-15(16)17/h6-7,10-14,19-20H,2-5,8-9H2,1H3/p+1/t13-/m1/s1. The van der Waals surface area contributed by atoms with Gasteiger partial charge < -0.3 is 10.3 Å². The molecule has 1 aromatic heterocycles. The first-order chi connectivity index (χ1) is 10.3. The van der Waals surface area contributed by atoms with Gasteiger partial charge >= 0.3 is 0 Å². The molecule has 0 spiro atoms. The molecule has 0 aliphatic heterocycles. The van der Waals surface area contributed by atoms with E-state index in [0.717, 1.165) is 16.5 Å². The minimum atomic E-state index is 0.00676. The molecule has 1 aliphatic rings. The number of fused-ring (bicyclic) bond motifs is 1. The molecule has 2 aromatic rings. The Kier molecular flexibility index (Phi) is 4.39. The highest BCUT2D eigenvalue weighted by atomic mass is 16.1. The molecule has 21 heavy (non-hydrogen) atoms. The third kappa shape index (κ3) is 3.18. The largest absolute Gasteiger partial charge is 0.360 e. The molecule has 1 saturated carbocycles. The lowest BCUT2D eigenvalue weighted by Gasteiger charge is -2.17. The quantitative estimate of drug-likeness (QED) is 0.658. The van der Waals surface area contributed by atoms with Crippen LogP contribution in [-0.4, -0.2) is 22.9 Å². The van der Waals surface area contributed by atoms with E-state index in [1.54, 1.807) is 0 Å². The number of H-pyrrole nitrogens is 1. The molecular formula is C18H25N2O+. The van der Waals surface area contributed by atoms with Crippen molar-refractivity contribution in [2.75, 3.05) is 0 Å². The van der Waals surface area contributed by atoms with Crippen LogP contribution in [0.5, 0.6) is 0 Å². The number of carbonyl (C=O) groups is 1. The summed E-state index contributed by atoms with van der Waals surface area (Å²) in [6.07, 6.45) is 9.72. The fraction of sp³-hybridized carbons (Fsp3) is 0.500. The van der Waals surface area contributed by atoms with E-state index in [-0.39, 0.29) is 11.8 Å². The van der Waals surface area contributed by atoms with Crippen molar-refractivity contribution in [2.24, 2.45) is 0 Å². The molecule has 3 N–H and O–H groups in total. The molecule has 1 heterocycles. The van der Waals surface area contributed by atoms with Crippen LogP contribution in [0, 0.1) is 0 Å². The van der Waals surface area contributed by atoms with Gasteiger partial charge in [-0.3, -0.25) is 4.79 Å². The fourth-order valence-electron chi connectivity index (χ4n) is 3.52. The second kappa shape index (κ2) is 6.44. The van der Waals surface area contributed by atoms with Gasteiger partial charge in [-0.15, -0.1) is 0 Å². The first-order valence-electron chi connectivity index (χ1n) is 8.21. The smallest absolute Gasteiger partial charge is 0.221 e. The number of rotatable bonds is 4. The van der Waals surface area contributed by atoms with E-state index < -0.39 is 0 Å². The molecule has 0 saturated heterocycles. The van der Waals surface area contributed by atoms with E-state index >= 15 is 0 Å². The van der Waals surface area contributed by atoms with Crippen LogP contribution < -0.4 is 5.32 Å². The zero-order chi connectivity index (χ0) is 14.7. The number of para-hydroxylation sites is 1. The Bertz CT molecular complexity index is 608. The minimum Gasteiger partial charge on any atom is -0.360 e. The lowest BCUT2D eigenvalue weighted by Crippen LogP contribution is -2.95. The SMILES string of the molecule is C[C@@H]([NH2+]C1CCCCCC1)C(=O)c1c[nH]c2ccccc12. The third-order valence-corrected chi connectivity index (χ3v) is 4.73. The molecule has 1 aromatic carbocycles. The summed E-state index contributed by atoms with van der Waals surface area (Å²) in [5.74, 6) is 0.247. The van der Waals surface area contributed by atoms with Crippen molar-refractivity contribution in [1.29, 1.82) is 0 Å². The number of hydrogen-bond acceptors (Lipinski definition) is 1. The molecule has 3 rings (SSSR count). The molecule has 0 radical (unpaired) electrons. The molecule has 3 nitrogen and oxygen atoms in total. The molecule has 3 heteroatoms. The predicted octanol–water partition coefficient (Wildman–Crippen LogP) is 3.03. The van der Waals surface area contributed by atoms with Crippen LogP contribution in [-0.2, 0) is 0 Å². The maximum absolute atomic E-state index is 12.7. The fourth-order valence-corrected chi connectivity index (χ4v) is 3.52. The topological polar surface area (TPSA) is 49.5 Å². The van der Waals surface area contributed by atoms with Crippen molar-refractivity contribution in [3.63, 3.8) is 0 Å². The van der Waals surface area contributed by atoms with Crippen LogP contribution in [0.2, 0.25) is 0 Å². The Morgan fingerprint density at radius 1 is 1.19 bits per heavy atom. The number of carbonyl (C=O) groups excluding carboxylic acids is 1. The van der Waals surface area contributed by atoms with Crippen LogP contribution in [0.15, 0.2) is 30.5 Å². The van der Waals surface area contributed by atoms with Crippen LogP contribution in [0.1, 0.15) is 55.8 Å². The Morgan fingerprint density at radius 2 is 1.90 bits per heavy atom. The summed E-state index contributed by atoms with van der Waals surface area (Å²) in [5, 5.41) is 3.35. The highest BCUT2D eigenvalue weighted by Crippen LogP contribution is 2.19. The van der Waals surface area contributed by atoms with Gasteiger partial charge in [-0.05, 0) is 38.7 Å². The van der Waals surface area contributed by atoms with E-state index in [9.17, 15) is 4.79 Å². The first kappa shape index (κ1) is 14.3. The number of benzene rings is 1. The van der Waals surface area contributed by atoms with Gasteiger partial charge in [0.2, 0.25) is 5.78 Å². The number of nitrogens with one attached hydrogen (secondary N) is 1. The van der Waals surface area contributed by atoms with E-state index in [2.05, 4.69) is 17.2 Å². The Balaban J connectivity index is 1.71. The van der Waals surface area contributed by atoms with E-state index in [1.165, 1.54) is 38.5 Å². The van der Waals surface area contributed by atoms with Crippen molar-refractivity contribution in [2.45, 2.75) is 57.5 Å². The van der Waals surface area contributed by atoms with Gasteiger partial charge in [0.1, 0.15) is 6.04 Å². The van der Waals surface area contributed by atoms with Gasteiger partial charge in [0.05, 0.1) is 6.04 Å². The van der Waals surface area contributed by atoms with Crippen molar-refractivity contribution < 1.29 is 10.1 Å². The van der Waals surface area contributed by atoms with Crippen molar-refractivity contribution in [3.05, 3.63) is 36.0 Å². The molecule has 1 atom stereocenters. The predicted molar refractivity (Wildman–Crippen MR) is 85.5 cm³/mol. The maximum atomic E-state index is 12.7. The zero-order valence-corrected chi connectivity index (χ0v) is 12.8. The van der Waals surface area contributed by atoms with E-state index in [4.69, 9.17) is 0 Å². The number of quaternary nitrogens is 1. The molecule has 112 valence electrons. The highest BCUT2D eigenvalue weighted by Gasteiger charge is 2.25. The van der Waals surface area contributed by atoms with Crippen LogP contribution in [0.4, 0.5) is 0 Å². The highest BCUT2D eigenvalue weighted by molar-refractivity contribution is 6.09. The van der Waals surface area contributed by atoms with Crippen LogP contribution >= 0.6 is 0 Å². The Labute approximate surface area is 126 Å². The van der Waals surface area contributed by atoms with Crippen LogP contribution in [0.25, 0.3) is 10.9 Å². The lowest BCUT2D eigenvalue weighted by molar-refractivity contribution is -0.706. The maximum Gasteiger partial charge on any atom is 0.221 e. The van der Waals surface area contributed by atoms with Gasteiger partial charge in [0.25, 0.3) is 0 Å². The molecule has 1 fully saturated rings. The average molecular weight is 285 g/mol. The summed E-state index contributed by atoms with van der Waals surface area (Å²) in [5.41, 5.74) is 1.88. The number of nitrogens with two attached hydrogens (primary N) is 1. The number of hydrogen-bond donors (Lipinski definition) is 2.